The summed E-state index contributed by atoms with van der Waals surface area (Å²) in [5, 5.41) is 8.68. The van der Waals surface area contributed by atoms with Crippen molar-refractivity contribution < 1.29 is 19.4 Å². The summed E-state index contributed by atoms with van der Waals surface area (Å²) < 4.78 is 5.42. The van der Waals surface area contributed by atoms with Gasteiger partial charge in [-0.05, 0) is 64.2 Å². The molecule has 0 aromatic heterocycles. The quantitative estimate of drug-likeness (QED) is 0.149. The second-order valence-electron chi connectivity index (χ2n) is 7.76. The third-order valence-electron chi connectivity index (χ3n) is 4.78. The van der Waals surface area contributed by atoms with Crippen LogP contribution in [-0.4, -0.2) is 23.1 Å². The maximum Gasteiger partial charge on any atom is 0.306 e. The second kappa shape index (κ2) is 24.0. The van der Waals surface area contributed by atoms with Gasteiger partial charge in [0.1, 0.15) is 6.10 Å². The third kappa shape index (κ3) is 23.9. The van der Waals surface area contributed by atoms with Crippen LogP contribution in [0.15, 0.2) is 72.9 Å². The lowest BCUT2D eigenvalue weighted by Gasteiger charge is -2.15. The number of carbonyl (C=O) groups is 2. The number of carboxylic acids is 1. The molecule has 0 saturated heterocycles. The van der Waals surface area contributed by atoms with Crippen molar-refractivity contribution in [1.29, 1.82) is 0 Å². The Hall–Kier alpha value is -2.62. The molecule has 0 rings (SSSR count). The van der Waals surface area contributed by atoms with E-state index in [2.05, 4.69) is 73.8 Å². The van der Waals surface area contributed by atoms with Crippen LogP contribution >= 0.6 is 0 Å². The van der Waals surface area contributed by atoms with Gasteiger partial charge in [0.25, 0.3) is 0 Å². The standard InChI is InChI=1S/C29H44O4/c1-3-5-6-7-8-9-10-11-12-13-14-15-16-17-18-19-20-21-22-26-29(32)33-27(4-2)24-23-25-28(30)31/h5-6,8-9,11-12,14-15,17-18,20-21,27H,3-4,7,10,13,16,19,22-26H2,1-2H3,(H,30,31)/b6-5-,9-8-,12-11-,15-14-,18-17-,21-20-. The maximum atomic E-state index is 11.9. The summed E-state index contributed by atoms with van der Waals surface area (Å²) in [6.07, 6.45) is 34.5. The molecule has 0 aromatic rings. The Bertz CT molecular complexity index is 665. The monoisotopic (exact) mass is 456 g/mol. The van der Waals surface area contributed by atoms with Crippen LogP contribution < -0.4 is 0 Å². The van der Waals surface area contributed by atoms with E-state index in [0.29, 0.717) is 32.1 Å². The Morgan fingerprint density at radius 3 is 1.58 bits per heavy atom. The molecular formula is C29H44O4. The molecule has 0 aliphatic carbocycles. The molecule has 184 valence electrons. The normalized spacial score (nSPS) is 13.5. The maximum absolute atomic E-state index is 11.9. The lowest BCUT2D eigenvalue weighted by Crippen LogP contribution is -2.17. The number of esters is 1. The number of carboxylic acid groups (broad SMARTS) is 1. The minimum Gasteiger partial charge on any atom is -0.481 e. The van der Waals surface area contributed by atoms with Crippen molar-refractivity contribution in [2.45, 2.75) is 97.0 Å². The highest BCUT2D eigenvalue weighted by Crippen LogP contribution is 2.11. The fourth-order valence-electron chi connectivity index (χ4n) is 2.91. The molecule has 1 N–H and O–H groups in total. The summed E-state index contributed by atoms with van der Waals surface area (Å²) in [6.45, 7) is 4.09. The highest BCUT2D eigenvalue weighted by Gasteiger charge is 2.12. The van der Waals surface area contributed by atoms with Gasteiger partial charge in [-0.25, -0.2) is 0 Å². The molecule has 4 heteroatoms. The fraction of sp³-hybridized carbons (Fsp3) is 0.517. The summed E-state index contributed by atoms with van der Waals surface area (Å²) in [5.74, 6) is -1.02. The number of ether oxygens (including phenoxy) is 1. The van der Waals surface area contributed by atoms with Crippen LogP contribution in [0.5, 0.6) is 0 Å². The van der Waals surface area contributed by atoms with E-state index in [1.54, 1.807) is 0 Å². The van der Waals surface area contributed by atoms with Gasteiger partial charge in [-0.3, -0.25) is 9.59 Å². The van der Waals surface area contributed by atoms with Gasteiger partial charge < -0.3 is 9.84 Å². The molecule has 0 fully saturated rings. The zero-order valence-corrected chi connectivity index (χ0v) is 20.7. The lowest BCUT2D eigenvalue weighted by molar-refractivity contribution is -0.149. The van der Waals surface area contributed by atoms with Crippen LogP contribution in [0.3, 0.4) is 0 Å². The van der Waals surface area contributed by atoms with Gasteiger partial charge in [-0.2, -0.15) is 0 Å². The Balaban J connectivity index is 3.74. The number of carbonyl (C=O) groups excluding carboxylic acids is 1. The number of aliphatic carboxylic acids is 1. The SMILES string of the molecule is CC/C=C\C/C=C\C/C=C\C/C=C\C/C=C\C/C=C\CCC(=O)OC(CC)CCCC(=O)O. The van der Waals surface area contributed by atoms with E-state index in [4.69, 9.17) is 9.84 Å². The smallest absolute Gasteiger partial charge is 0.306 e. The fourth-order valence-corrected chi connectivity index (χ4v) is 2.91. The molecule has 33 heavy (non-hydrogen) atoms. The molecule has 0 bridgehead atoms. The zero-order chi connectivity index (χ0) is 24.4. The molecule has 0 aliphatic heterocycles. The predicted octanol–water partition coefficient (Wildman–Crippen LogP) is 8.04. The van der Waals surface area contributed by atoms with Gasteiger partial charge in [-0.15, -0.1) is 0 Å². The highest BCUT2D eigenvalue weighted by atomic mass is 16.5. The average molecular weight is 457 g/mol. The molecule has 0 aliphatic rings. The summed E-state index contributed by atoms with van der Waals surface area (Å²) in [5.41, 5.74) is 0. The van der Waals surface area contributed by atoms with E-state index in [-0.39, 0.29) is 18.5 Å². The first kappa shape index (κ1) is 30.4. The van der Waals surface area contributed by atoms with Gasteiger partial charge >= 0.3 is 11.9 Å². The summed E-state index contributed by atoms with van der Waals surface area (Å²) in [7, 11) is 0. The van der Waals surface area contributed by atoms with Crippen molar-refractivity contribution in [2.24, 2.45) is 0 Å². The molecule has 0 spiro atoms. The molecule has 0 heterocycles. The van der Waals surface area contributed by atoms with Crippen LogP contribution in [-0.2, 0) is 14.3 Å². The van der Waals surface area contributed by atoms with Crippen molar-refractivity contribution >= 4 is 11.9 Å². The van der Waals surface area contributed by atoms with Crippen LogP contribution in [0, 0.1) is 0 Å². The highest BCUT2D eigenvalue weighted by molar-refractivity contribution is 5.69. The summed E-state index contributed by atoms with van der Waals surface area (Å²) >= 11 is 0. The van der Waals surface area contributed by atoms with Crippen LogP contribution in [0.4, 0.5) is 0 Å². The van der Waals surface area contributed by atoms with Gasteiger partial charge in [-0.1, -0.05) is 86.8 Å². The summed E-state index contributed by atoms with van der Waals surface area (Å²) in [6, 6.07) is 0. The molecule has 0 amide bonds. The molecule has 0 saturated carbocycles. The Labute approximate surface area is 201 Å². The molecule has 1 unspecified atom stereocenters. The third-order valence-corrected chi connectivity index (χ3v) is 4.78. The van der Waals surface area contributed by atoms with Crippen molar-refractivity contribution in [3.05, 3.63) is 72.9 Å². The van der Waals surface area contributed by atoms with Gasteiger partial charge in [0.05, 0.1) is 0 Å². The Kier molecular flexibility index (Phi) is 22.1. The van der Waals surface area contributed by atoms with Crippen molar-refractivity contribution in [2.75, 3.05) is 0 Å². The first-order valence-corrected chi connectivity index (χ1v) is 12.4. The van der Waals surface area contributed by atoms with E-state index < -0.39 is 5.97 Å². The topological polar surface area (TPSA) is 63.6 Å². The minimum atomic E-state index is -0.811. The van der Waals surface area contributed by atoms with Gasteiger partial charge in [0.15, 0.2) is 0 Å². The van der Waals surface area contributed by atoms with Crippen molar-refractivity contribution in [1.82, 2.24) is 0 Å². The molecular weight excluding hydrogens is 412 g/mol. The molecule has 0 radical (unpaired) electrons. The molecule has 4 nitrogen and oxygen atoms in total. The zero-order valence-electron chi connectivity index (χ0n) is 20.7. The number of hydrogen-bond donors (Lipinski definition) is 1. The molecule has 0 aromatic carbocycles. The number of hydrogen-bond acceptors (Lipinski definition) is 3. The lowest BCUT2D eigenvalue weighted by atomic mass is 10.1. The van der Waals surface area contributed by atoms with E-state index in [1.165, 1.54) is 0 Å². The number of allylic oxidation sites excluding steroid dienone is 12. The van der Waals surface area contributed by atoms with E-state index in [1.807, 2.05) is 13.0 Å². The van der Waals surface area contributed by atoms with E-state index in [0.717, 1.165) is 38.5 Å². The van der Waals surface area contributed by atoms with Gasteiger partial charge in [0, 0.05) is 12.8 Å². The van der Waals surface area contributed by atoms with E-state index in [9.17, 15) is 9.59 Å². The van der Waals surface area contributed by atoms with Crippen LogP contribution in [0.25, 0.3) is 0 Å². The van der Waals surface area contributed by atoms with Crippen LogP contribution in [0.2, 0.25) is 0 Å². The van der Waals surface area contributed by atoms with Crippen molar-refractivity contribution in [3.8, 4) is 0 Å². The molecule has 1 atom stereocenters. The Morgan fingerprint density at radius 2 is 1.15 bits per heavy atom. The minimum absolute atomic E-state index is 0.118. The predicted molar refractivity (Wildman–Crippen MR) is 139 cm³/mol. The number of rotatable bonds is 20. The van der Waals surface area contributed by atoms with Crippen LogP contribution in [0.1, 0.15) is 90.9 Å². The Morgan fingerprint density at radius 1 is 0.697 bits per heavy atom. The van der Waals surface area contributed by atoms with Gasteiger partial charge in [0.2, 0.25) is 0 Å². The largest absolute Gasteiger partial charge is 0.481 e. The first-order valence-electron chi connectivity index (χ1n) is 12.4. The van der Waals surface area contributed by atoms with E-state index >= 15 is 0 Å². The first-order chi connectivity index (χ1) is 16.1. The average Bonchev–Trinajstić information content (AvgIpc) is 2.79. The van der Waals surface area contributed by atoms with Crippen molar-refractivity contribution in [3.63, 3.8) is 0 Å². The summed E-state index contributed by atoms with van der Waals surface area (Å²) in [4.78, 5) is 22.4. The second-order valence-corrected chi connectivity index (χ2v) is 7.76.